The highest BCUT2D eigenvalue weighted by atomic mass is 16.5. The molecule has 0 bridgehead atoms. The Kier molecular flexibility index (Phi) is 4.35. The van der Waals surface area contributed by atoms with Gasteiger partial charge in [-0.1, -0.05) is 12.1 Å². The summed E-state index contributed by atoms with van der Waals surface area (Å²) < 4.78 is 6.13. The van der Waals surface area contributed by atoms with Crippen LogP contribution in [0.15, 0.2) is 18.2 Å². The summed E-state index contributed by atoms with van der Waals surface area (Å²) in [6, 6.07) is 8.91. The Morgan fingerprint density at radius 1 is 1.40 bits per heavy atom. The molecule has 0 aromatic heterocycles. The fourth-order valence-corrected chi connectivity index (χ4v) is 2.95. The Labute approximate surface area is 121 Å². The largest absolute Gasteiger partial charge is 0.490 e. The molecule has 3 heteroatoms. The quantitative estimate of drug-likeness (QED) is 0.912. The molecule has 1 N–H and O–H groups in total. The first-order valence-corrected chi connectivity index (χ1v) is 7.37. The number of nitriles is 1. The number of aryl methyl sites for hydroxylation is 1. The molecule has 3 nitrogen and oxygen atoms in total. The third-order valence-electron chi connectivity index (χ3n) is 4.10. The van der Waals surface area contributed by atoms with E-state index in [1.807, 2.05) is 12.1 Å². The SMILES string of the molecule is Cc1cccc(OC2CCC(C#N)(NC(C)C)C2)c1C. The molecule has 2 rings (SSSR count). The van der Waals surface area contributed by atoms with Crippen molar-refractivity contribution < 1.29 is 4.74 Å². The Balaban J connectivity index is 2.06. The summed E-state index contributed by atoms with van der Waals surface area (Å²) in [5.41, 5.74) is 2.02. The van der Waals surface area contributed by atoms with E-state index in [1.165, 1.54) is 11.1 Å². The van der Waals surface area contributed by atoms with Crippen molar-refractivity contribution in [2.45, 2.75) is 64.6 Å². The minimum Gasteiger partial charge on any atom is -0.490 e. The van der Waals surface area contributed by atoms with Gasteiger partial charge in [-0.2, -0.15) is 5.26 Å². The number of benzene rings is 1. The van der Waals surface area contributed by atoms with E-state index in [2.05, 4.69) is 45.1 Å². The molecule has 2 atom stereocenters. The lowest BCUT2D eigenvalue weighted by molar-refractivity contribution is 0.198. The van der Waals surface area contributed by atoms with Crippen molar-refractivity contribution in [3.8, 4) is 11.8 Å². The highest BCUT2D eigenvalue weighted by Gasteiger charge is 2.41. The van der Waals surface area contributed by atoms with E-state index in [1.54, 1.807) is 0 Å². The van der Waals surface area contributed by atoms with Gasteiger partial charge >= 0.3 is 0 Å². The highest BCUT2D eigenvalue weighted by Crippen LogP contribution is 2.34. The van der Waals surface area contributed by atoms with E-state index >= 15 is 0 Å². The maximum Gasteiger partial charge on any atom is 0.122 e. The molecular formula is C17H24N2O. The Hall–Kier alpha value is -1.53. The second-order valence-electron chi connectivity index (χ2n) is 6.17. The number of ether oxygens (including phenoxy) is 1. The molecular weight excluding hydrogens is 248 g/mol. The minimum atomic E-state index is -0.420. The number of nitrogens with one attached hydrogen (secondary N) is 1. The molecule has 1 aromatic carbocycles. The van der Waals surface area contributed by atoms with Crippen molar-refractivity contribution in [3.63, 3.8) is 0 Å². The molecule has 0 spiro atoms. The van der Waals surface area contributed by atoms with E-state index in [-0.39, 0.29) is 6.10 Å². The summed E-state index contributed by atoms with van der Waals surface area (Å²) in [7, 11) is 0. The maximum atomic E-state index is 9.48. The van der Waals surface area contributed by atoms with Crippen LogP contribution in [-0.4, -0.2) is 17.7 Å². The smallest absolute Gasteiger partial charge is 0.122 e. The molecule has 0 saturated heterocycles. The zero-order valence-corrected chi connectivity index (χ0v) is 12.9. The molecule has 1 fully saturated rings. The van der Waals surface area contributed by atoms with Gasteiger partial charge in [0.05, 0.1) is 6.07 Å². The van der Waals surface area contributed by atoms with E-state index in [0.29, 0.717) is 6.04 Å². The first-order chi connectivity index (χ1) is 9.46. The van der Waals surface area contributed by atoms with E-state index in [0.717, 1.165) is 25.0 Å². The second-order valence-corrected chi connectivity index (χ2v) is 6.17. The number of rotatable bonds is 4. The van der Waals surface area contributed by atoms with Crippen LogP contribution in [0.4, 0.5) is 0 Å². The van der Waals surface area contributed by atoms with Crippen LogP contribution in [0, 0.1) is 25.2 Å². The summed E-state index contributed by atoms with van der Waals surface area (Å²) in [4.78, 5) is 0. The van der Waals surface area contributed by atoms with Crippen LogP contribution in [0.2, 0.25) is 0 Å². The van der Waals surface area contributed by atoms with Crippen LogP contribution in [0.5, 0.6) is 5.75 Å². The number of hydrogen-bond acceptors (Lipinski definition) is 3. The van der Waals surface area contributed by atoms with Gasteiger partial charge in [-0.05, 0) is 57.7 Å². The molecule has 1 aromatic rings. The lowest BCUT2D eigenvalue weighted by atomic mass is 9.98. The van der Waals surface area contributed by atoms with Crippen molar-refractivity contribution >= 4 is 0 Å². The van der Waals surface area contributed by atoms with E-state index < -0.39 is 5.54 Å². The zero-order valence-electron chi connectivity index (χ0n) is 12.9. The van der Waals surface area contributed by atoms with Crippen LogP contribution in [0.3, 0.4) is 0 Å². The van der Waals surface area contributed by atoms with Gasteiger partial charge < -0.3 is 4.74 Å². The predicted molar refractivity (Wildman–Crippen MR) is 80.8 cm³/mol. The highest BCUT2D eigenvalue weighted by molar-refractivity contribution is 5.38. The standard InChI is InChI=1S/C17H24N2O/c1-12(2)19-17(11-18)9-8-15(10-17)20-16-7-5-6-13(3)14(16)4/h5-7,12,15,19H,8-10H2,1-4H3. The molecule has 0 heterocycles. The van der Waals surface area contributed by atoms with Crippen molar-refractivity contribution in [3.05, 3.63) is 29.3 Å². The average Bonchev–Trinajstić information content (AvgIpc) is 2.78. The van der Waals surface area contributed by atoms with Crippen molar-refractivity contribution in [1.29, 1.82) is 5.26 Å². The van der Waals surface area contributed by atoms with Gasteiger partial charge in [0.25, 0.3) is 0 Å². The topological polar surface area (TPSA) is 45.0 Å². The first kappa shape index (κ1) is 14.9. The molecule has 0 aliphatic heterocycles. The molecule has 1 saturated carbocycles. The summed E-state index contributed by atoms with van der Waals surface area (Å²) in [5.74, 6) is 0.952. The zero-order chi connectivity index (χ0) is 14.8. The molecule has 0 radical (unpaired) electrons. The van der Waals surface area contributed by atoms with E-state index in [9.17, 15) is 5.26 Å². The second kappa shape index (κ2) is 5.85. The van der Waals surface area contributed by atoms with Gasteiger partial charge in [-0.15, -0.1) is 0 Å². The van der Waals surface area contributed by atoms with Gasteiger partial charge in [-0.25, -0.2) is 0 Å². The molecule has 20 heavy (non-hydrogen) atoms. The van der Waals surface area contributed by atoms with E-state index in [4.69, 9.17) is 4.74 Å². The summed E-state index contributed by atoms with van der Waals surface area (Å²) in [6.45, 7) is 8.34. The summed E-state index contributed by atoms with van der Waals surface area (Å²) >= 11 is 0. The fourth-order valence-electron chi connectivity index (χ4n) is 2.95. The average molecular weight is 272 g/mol. The Morgan fingerprint density at radius 2 is 2.15 bits per heavy atom. The monoisotopic (exact) mass is 272 g/mol. The summed E-state index contributed by atoms with van der Waals surface area (Å²) in [5, 5.41) is 12.9. The fraction of sp³-hybridized carbons (Fsp3) is 0.588. The van der Waals surface area contributed by atoms with Gasteiger partial charge in [-0.3, -0.25) is 5.32 Å². The van der Waals surface area contributed by atoms with Gasteiger partial charge in [0.15, 0.2) is 0 Å². The predicted octanol–water partition coefficient (Wildman–Crippen LogP) is 3.50. The third-order valence-corrected chi connectivity index (χ3v) is 4.10. The lowest BCUT2D eigenvalue weighted by Crippen LogP contribution is -2.46. The van der Waals surface area contributed by atoms with Crippen molar-refractivity contribution in [2.75, 3.05) is 0 Å². The lowest BCUT2D eigenvalue weighted by Gasteiger charge is -2.25. The molecule has 2 unspecified atom stereocenters. The van der Waals surface area contributed by atoms with Crippen molar-refractivity contribution in [1.82, 2.24) is 5.32 Å². The first-order valence-electron chi connectivity index (χ1n) is 7.37. The number of hydrogen-bond donors (Lipinski definition) is 1. The molecule has 1 aliphatic rings. The Bertz CT molecular complexity index is 518. The molecule has 108 valence electrons. The van der Waals surface area contributed by atoms with Gasteiger partial charge in [0.2, 0.25) is 0 Å². The van der Waals surface area contributed by atoms with Crippen molar-refractivity contribution in [2.24, 2.45) is 0 Å². The summed E-state index contributed by atoms with van der Waals surface area (Å²) in [6.07, 6.45) is 2.67. The van der Waals surface area contributed by atoms with Crippen LogP contribution in [-0.2, 0) is 0 Å². The van der Waals surface area contributed by atoms with Crippen LogP contribution < -0.4 is 10.1 Å². The number of nitrogens with zero attached hydrogens (tertiary/aromatic N) is 1. The van der Waals surface area contributed by atoms with Gasteiger partial charge in [0, 0.05) is 12.5 Å². The Morgan fingerprint density at radius 3 is 2.80 bits per heavy atom. The normalized spacial score (nSPS) is 25.7. The van der Waals surface area contributed by atoms with Crippen LogP contribution >= 0.6 is 0 Å². The van der Waals surface area contributed by atoms with Gasteiger partial charge in [0.1, 0.15) is 17.4 Å². The third kappa shape index (κ3) is 3.13. The van der Waals surface area contributed by atoms with Crippen LogP contribution in [0.1, 0.15) is 44.2 Å². The maximum absolute atomic E-state index is 9.48. The minimum absolute atomic E-state index is 0.126. The van der Waals surface area contributed by atoms with Crippen LogP contribution in [0.25, 0.3) is 0 Å². The molecule has 0 amide bonds. The molecule has 1 aliphatic carbocycles.